The summed E-state index contributed by atoms with van der Waals surface area (Å²) in [6.45, 7) is -0.888. The standard InChI is InChI=1S/C12H24N2O9/c13-5-9(18)8(17)4(22-11(5)20)2-21-12-6(14)10(19)7(16)3(1-15)23-12/h3-12,15-20H,1-2,13-14H2/t3-,4-,5-,6-,7-,8-,9-,10-,11?,12-/m1/s1. The third-order valence-electron chi connectivity index (χ3n) is 4.12. The van der Waals surface area contributed by atoms with Crippen molar-refractivity contribution in [2.24, 2.45) is 11.5 Å². The molecule has 10 N–H and O–H groups in total. The van der Waals surface area contributed by atoms with E-state index in [1.807, 2.05) is 0 Å². The van der Waals surface area contributed by atoms with E-state index >= 15 is 0 Å². The minimum absolute atomic E-state index is 0.332. The Kier molecular flexibility index (Phi) is 6.27. The van der Waals surface area contributed by atoms with E-state index < -0.39 is 67.9 Å². The largest absolute Gasteiger partial charge is 0.394 e. The Balaban J connectivity index is 1.94. The van der Waals surface area contributed by atoms with E-state index in [0.717, 1.165) is 0 Å². The Bertz CT molecular complexity index is 388. The summed E-state index contributed by atoms with van der Waals surface area (Å²) in [5, 5.41) is 57.7. The lowest BCUT2D eigenvalue weighted by molar-refractivity contribution is -0.294. The van der Waals surface area contributed by atoms with Gasteiger partial charge in [0.15, 0.2) is 12.6 Å². The van der Waals surface area contributed by atoms with E-state index in [-0.39, 0.29) is 6.61 Å². The average molecular weight is 340 g/mol. The number of aliphatic hydroxyl groups excluding tert-OH is 6. The summed E-state index contributed by atoms with van der Waals surface area (Å²) in [5.74, 6) is 0. The molecule has 11 heteroatoms. The van der Waals surface area contributed by atoms with Crippen molar-refractivity contribution in [2.75, 3.05) is 13.2 Å². The first kappa shape index (κ1) is 18.9. The van der Waals surface area contributed by atoms with E-state index in [2.05, 4.69) is 0 Å². The molecule has 0 spiro atoms. The lowest BCUT2D eigenvalue weighted by atomic mass is 9.97. The van der Waals surface area contributed by atoms with Gasteiger partial charge in [0, 0.05) is 0 Å². The first-order valence-corrected chi connectivity index (χ1v) is 7.22. The molecule has 11 nitrogen and oxygen atoms in total. The highest BCUT2D eigenvalue weighted by Gasteiger charge is 2.45. The highest BCUT2D eigenvalue weighted by Crippen LogP contribution is 2.23. The van der Waals surface area contributed by atoms with Gasteiger partial charge in [0.05, 0.1) is 25.3 Å². The van der Waals surface area contributed by atoms with Gasteiger partial charge in [-0.25, -0.2) is 0 Å². The first-order valence-electron chi connectivity index (χ1n) is 7.22. The lowest BCUT2D eigenvalue weighted by Gasteiger charge is -2.42. The number of hydrogen-bond acceptors (Lipinski definition) is 11. The second-order valence-electron chi connectivity index (χ2n) is 5.74. The molecule has 2 heterocycles. The lowest BCUT2D eigenvalue weighted by Crippen LogP contribution is -2.64. The van der Waals surface area contributed by atoms with E-state index in [1.54, 1.807) is 0 Å². The maximum Gasteiger partial charge on any atom is 0.175 e. The number of hydrogen-bond donors (Lipinski definition) is 8. The molecule has 0 aromatic carbocycles. The van der Waals surface area contributed by atoms with Crippen LogP contribution in [0.2, 0.25) is 0 Å². The number of ether oxygens (including phenoxy) is 3. The van der Waals surface area contributed by atoms with E-state index in [4.69, 9.17) is 30.8 Å². The SMILES string of the molecule is N[C@H]1[C@H](OC[C@H]2OC(O)[C@H](N)[C@@H](O)[C@@H]2O)O[C@H](CO)[C@@H](O)[C@@H]1O. The minimum atomic E-state index is -1.49. The average Bonchev–Trinajstić information content (AvgIpc) is 2.54. The fourth-order valence-electron chi connectivity index (χ4n) is 2.55. The van der Waals surface area contributed by atoms with Crippen LogP contribution in [0.25, 0.3) is 0 Å². The van der Waals surface area contributed by atoms with Gasteiger partial charge in [0.25, 0.3) is 0 Å². The van der Waals surface area contributed by atoms with E-state index in [0.29, 0.717) is 0 Å². The highest BCUT2D eigenvalue weighted by atomic mass is 16.7. The Morgan fingerprint density at radius 1 is 0.783 bits per heavy atom. The molecule has 1 unspecified atom stereocenters. The quantitative estimate of drug-likeness (QED) is 0.242. The molecule has 2 fully saturated rings. The van der Waals surface area contributed by atoms with Gasteiger partial charge < -0.3 is 56.3 Å². The summed E-state index contributed by atoms with van der Waals surface area (Å²) < 4.78 is 15.6. The molecule has 2 saturated heterocycles. The van der Waals surface area contributed by atoms with Crippen molar-refractivity contribution < 1.29 is 44.8 Å². The molecular weight excluding hydrogens is 316 g/mol. The topological polar surface area (TPSA) is 201 Å². The van der Waals surface area contributed by atoms with Crippen molar-refractivity contribution in [3.63, 3.8) is 0 Å². The molecule has 0 saturated carbocycles. The van der Waals surface area contributed by atoms with Gasteiger partial charge in [-0.15, -0.1) is 0 Å². The Hall–Kier alpha value is -0.440. The maximum atomic E-state index is 9.87. The van der Waals surface area contributed by atoms with Gasteiger partial charge >= 0.3 is 0 Å². The highest BCUT2D eigenvalue weighted by molar-refractivity contribution is 4.93. The van der Waals surface area contributed by atoms with Crippen LogP contribution < -0.4 is 11.5 Å². The van der Waals surface area contributed by atoms with Crippen LogP contribution >= 0.6 is 0 Å². The first-order chi connectivity index (χ1) is 10.8. The predicted molar refractivity (Wildman–Crippen MR) is 72.6 cm³/mol. The fourth-order valence-corrected chi connectivity index (χ4v) is 2.55. The number of rotatable bonds is 4. The molecule has 0 radical (unpaired) electrons. The van der Waals surface area contributed by atoms with Crippen LogP contribution in [0.15, 0.2) is 0 Å². The Morgan fingerprint density at radius 3 is 1.96 bits per heavy atom. The maximum absolute atomic E-state index is 9.87. The van der Waals surface area contributed by atoms with Crippen LogP contribution in [-0.4, -0.2) is 105 Å². The second-order valence-corrected chi connectivity index (χ2v) is 5.74. The van der Waals surface area contributed by atoms with Crippen LogP contribution in [-0.2, 0) is 14.2 Å². The van der Waals surface area contributed by atoms with Crippen LogP contribution in [0.1, 0.15) is 0 Å². The molecule has 0 bridgehead atoms. The number of aliphatic hydroxyl groups is 6. The minimum Gasteiger partial charge on any atom is -0.394 e. The molecule has 2 aliphatic heterocycles. The third-order valence-corrected chi connectivity index (χ3v) is 4.12. The molecule has 0 aliphatic carbocycles. The summed E-state index contributed by atoms with van der Waals surface area (Å²) in [6, 6.07) is -2.27. The summed E-state index contributed by atoms with van der Waals surface area (Å²) in [6.07, 6.45) is -10.4. The zero-order valence-corrected chi connectivity index (χ0v) is 12.3. The van der Waals surface area contributed by atoms with Gasteiger partial charge in [-0.2, -0.15) is 0 Å². The summed E-state index contributed by atoms with van der Waals surface area (Å²) in [5.41, 5.74) is 11.1. The Labute approximate surface area is 132 Å². The molecule has 2 rings (SSSR count). The van der Waals surface area contributed by atoms with Crippen molar-refractivity contribution in [3.8, 4) is 0 Å². The summed E-state index contributed by atoms with van der Waals surface area (Å²) in [7, 11) is 0. The van der Waals surface area contributed by atoms with Gasteiger partial charge in [0.2, 0.25) is 0 Å². The van der Waals surface area contributed by atoms with Crippen molar-refractivity contribution >= 4 is 0 Å². The summed E-state index contributed by atoms with van der Waals surface area (Å²) in [4.78, 5) is 0. The van der Waals surface area contributed by atoms with Gasteiger partial charge in [0.1, 0.15) is 36.6 Å². The monoisotopic (exact) mass is 340 g/mol. The van der Waals surface area contributed by atoms with Crippen molar-refractivity contribution in [3.05, 3.63) is 0 Å². The molecule has 10 atom stereocenters. The zero-order valence-electron chi connectivity index (χ0n) is 12.3. The van der Waals surface area contributed by atoms with Gasteiger partial charge in [-0.1, -0.05) is 0 Å². The third kappa shape index (κ3) is 3.81. The van der Waals surface area contributed by atoms with Crippen molar-refractivity contribution in [1.82, 2.24) is 0 Å². The van der Waals surface area contributed by atoms with Crippen LogP contribution in [0.5, 0.6) is 0 Å². The van der Waals surface area contributed by atoms with Crippen molar-refractivity contribution in [1.29, 1.82) is 0 Å². The molecule has 136 valence electrons. The van der Waals surface area contributed by atoms with Gasteiger partial charge in [-0.3, -0.25) is 0 Å². The van der Waals surface area contributed by atoms with Crippen LogP contribution in [0.4, 0.5) is 0 Å². The molecule has 0 aromatic rings. The zero-order chi connectivity index (χ0) is 17.3. The molecule has 0 aromatic heterocycles. The molecule has 0 amide bonds. The molecular formula is C12H24N2O9. The van der Waals surface area contributed by atoms with Crippen molar-refractivity contribution in [2.45, 2.75) is 61.3 Å². The predicted octanol–water partition coefficient (Wildman–Crippen LogP) is -5.46. The van der Waals surface area contributed by atoms with Crippen LogP contribution in [0.3, 0.4) is 0 Å². The van der Waals surface area contributed by atoms with Gasteiger partial charge in [-0.05, 0) is 0 Å². The normalized spacial score (nSPS) is 51.7. The van der Waals surface area contributed by atoms with Crippen LogP contribution in [0, 0.1) is 0 Å². The molecule has 23 heavy (non-hydrogen) atoms. The smallest absolute Gasteiger partial charge is 0.175 e. The number of nitrogens with two attached hydrogens (primary N) is 2. The summed E-state index contributed by atoms with van der Waals surface area (Å²) >= 11 is 0. The Morgan fingerprint density at radius 2 is 1.35 bits per heavy atom. The van der Waals surface area contributed by atoms with E-state index in [1.165, 1.54) is 0 Å². The van der Waals surface area contributed by atoms with E-state index in [9.17, 15) is 25.5 Å². The second kappa shape index (κ2) is 7.63. The fraction of sp³-hybridized carbons (Fsp3) is 1.00. The molecule has 2 aliphatic rings.